The zero-order valence-electron chi connectivity index (χ0n) is 32.8. The molecular formula is C39H65IN4O8S. The highest BCUT2D eigenvalue weighted by atomic mass is 127. The molecule has 0 saturated heterocycles. The minimum absolute atomic E-state index is 0. The molecule has 0 spiro atoms. The van der Waals surface area contributed by atoms with Crippen LogP contribution in [0.3, 0.4) is 0 Å². The number of anilines is 2. The van der Waals surface area contributed by atoms with Crippen LogP contribution < -0.4 is 38.3 Å². The van der Waals surface area contributed by atoms with Crippen LogP contribution >= 0.6 is 11.8 Å². The number of methoxy groups -OCH3 is 1. The lowest BCUT2D eigenvalue weighted by Gasteiger charge is -2.21. The van der Waals surface area contributed by atoms with Crippen molar-refractivity contribution >= 4 is 29.3 Å². The monoisotopic (exact) mass is 876 g/mol. The van der Waals surface area contributed by atoms with Crippen LogP contribution in [0.1, 0.15) is 25.3 Å². The summed E-state index contributed by atoms with van der Waals surface area (Å²) in [5.74, 6) is 1.23. The molecule has 14 heteroatoms. The summed E-state index contributed by atoms with van der Waals surface area (Å²) < 4.78 is 46.4. The second-order valence-electron chi connectivity index (χ2n) is 12.5. The Morgan fingerprint density at radius 2 is 1.23 bits per heavy atom. The van der Waals surface area contributed by atoms with Gasteiger partial charge in [0.15, 0.2) is 0 Å². The third kappa shape index (κ3) is 20.2. The van der Waals surface area contributed by atoms with Crippen LogP contribution in [0.4, 0.5) is 11.5 Å². The Morgan fingerprint density at radius 3 is 1.74 bits per heavy atom. The van der Waals surface area contributed by atoms with Crippen molar-refractivity contribution in [2.75, 3.05) is 157 Å². The van der Waals surface area contributed by atoms with E-state index in [9.17, 15) is 0 Å². The van der Waals surface area contributed by atoms with Crippen molar-refractivity contribution in [1.82, 2.24) is 4.90 Å². The Morgan fingerprint density at radius 1 is 0.698 bits per heavy atom. The number of aromatic nitrogens is 1. The Hall–Kier alpha value is -1.57. The maximum Gasteiger partial charge on any atom is 0.277 e. The van der Waals surface area contributed by atoms with E-state index < -0.39 is 0 Å². The number of hydrogen-bond donors (Lipinski definition) is 0. The molecule has 0 radical (unpaired) electrons. The number of pyridine rings is 1. The highest BCUT2D eigenvalue weighted by molar-refractivity contribution is 8.03. The smallest absolute Gasteiger partial charge is 0.277 e. The van der Waals surface area contributed by atoms with Gasteiger partial charge < -0.3 is 71.7 Å². The molecule has 0 N–H and O–H groups in total. The summed E-state index contributed by atoms with van der Waals surface area (Å²) in [5.41, 5.74) is 2.46. The van der Waals surface area contributed by atoms with Crippen LogP contribution in [0.5, 0.6) is 0 Å². The summed E-state index contributed by atoms with van der Waals surface area (Å²) in [7, 11) is 8.07. The average molecular weight is 877 g/mol. The fourth-order valence-electron chi connectivity index (χ4n) is 5.39. The van der Waals surface area contributed by atoms with Crippen molar-refractivity contribution in [2.24, 2.45) is 0 Å². The van der Waals surface area contributed by atoms with Crippen LogP contribution in [0.15, 0.2) is 52.5 Å². The third-order valence-electron chi connectivity index (χ3n) is 8.09. The quantitative estimate of drug-likeness (QED) is 0.0607. The predicted octanol–water partition coefficient (Wildman–Crippen LogP) is 1.45. The molecule has 1 aliphatic heterocycles. The van der Waals surface area contributed by atoms with Crippen molar-refractivity contribution in [3.8, 4) is 0 Å². The summed E-state index contributed by atoms with van der Waals surface area (Å²) >= 11 is 1.83. The molecule has 1 aromatic carbocycles. The molecule has 2 aromatic rings. The first-order chi connectivity index (χ1) is 25.5. The van der Waals surface area contributed by atoms with Gasteiger partial charge in [-0.05, 0) is 56.8 Å². The molecule has 302 valence electrons. The van der Waals surface area contributed by atoms with Gasteiger partial charge in [-0.2, -0.15) is 0 Å². The molecule has 0 amide bonds. The Labute approximate surface area is 340 Å². The predicted molar refractivity (Wildman–Crippen MR) is 209 cm³/mol. The number of para-hydroxylation sites is 1. The van der Waals surface area contributed by atoms with Crippen LogP contribution in [-0.2, 0) is 44.4 Å². The van der Waals surface area contributed by atoms with Crippen molar-refractivity contribution < 1.29 is 66.4 Å². The molecule has 0 saturated carbocycles. The molecule has 1 aliphatic rings. The Kier molecular flexibility index (Phi) is 27.5. The molecule has 0 aliphatic carbocycles. The number of nitrogens with zero attached hydrogens (tertiary/aromatic N) is 4. The van der Waals surface area contributed by atoms with Gasteiger partial charge in [0.05, 0.1) is 129 Å². The van der Waals surface area contributed by atoms with Crippen LogP contribution in [0, 0.1) is 0 Å². The van der Waals surface area contributed by atoms with Gasteiger partial charge in [0.1, 0.15) is 6.54 Å². The molecular weight excluding hydrogens is 811 g/mol. The molecule has 12 nitrogen and oxygen atoms in total. The summed E-state index contributed by atoms with van der Waals surface area (Å²) in [6.45, 7) is 14.3. The van der Waals surface area contributed by atoms with Crippen molar-refractivity contribution in [2.45, 2.75) is 31.2 Å². The van der Waals surface area contributed by atoms with E-state index in [0.717, 1.165) is 39.0 Å². The maximum absolute atomic E-state index is 5.99. The molecule has 0 atom stereocenters. The summed E-state index contributed by atoms with van der Waals surface area (Å²) in [5, 5.41) is 1.23. The first-order valence-electron chi connectivity index (χ1n) is 18.7. The van der Waals surface area contributed by atoms with E-state index in [1.807, 2.05) is 11.8 Å². The molecule has 3 rings (SSSR count). The number of thioether (sulfide) groups is 1. The second kappa shape index (κ2) is 30.6. The summed E-state index contributed by atoms with van der Waals surface area (Å²) in [4.78, 5) is 8.35. The topological polar surface area (TPSA) is 87.4 Å². The van der Waals surface area contributed by atoms with Crippen LogP contribution in [-0.4, -0.2) is 152 Å². The van der Waals surface area contributed by atoms with Gasteiger partial charge >= 0.3 is 0 Å². The Bertz CT molecular complexity index is 1250. The second-order valence-corrected chi connectivity index (χ2v) is 13.6. The molecule has 53 heavy (non-hydrogen) atoms. The van der Waals surface area contributed by atoms with E-state index in [1.54, 1.807) is 7.11 Å². The third-order valence-corrected chi connectivity index (χ3v) is 9.26. The highest BCUT2D eigenvalue weighted by Gasteiger charge is 2.23. The minimum Gasteiger partial charge on any atom is -1.00 e. The van der Waals surface area contributed by atoms with E-state index in [0.29, 0.717) is 99.1 Å². The normalized spacial score (nSPS) is 13.2. The van der Waals surface area contributed by atoms with Gasteiger partial charge in [0, 0.05) is 31.7 Å². The minimum atomic E-state index is 0. The molecule has 0 bridgehead atoms. The fraction of sp³-hybridized carbons (Fsp3) is 0.667. The molecule has 2 heterocycles. The van der Waals surface area contributed by atoms with Crippen molar-refractivity contribution in [1.29, 1.82) is 0 Å². The van der Waals surface area contributed by atoms with Gasteiger partial charge in [0.25, 0.3) is 5.82 Å². The lowest BCUT2D eigenvalue weighted by atomic mass is 10.2. The van der Waals surface area contributed by atoms with Crippen molar-refractivity contribution in [3.63, 3.8) is 0 Å². The van der Waals surface area contributed by atoms with Crippen LogP contribution in [0.25, 0.3) is 6.08 Å². The summed E-state index contributed by atoms with van der Waals surface area (Å²) in [6.07, 6.45) is 6.70. The first kappa shape index (κ1) is 47.6. The van der Waals surface area contributed by atoms with E-state index in [-0.39, 0.29) is 24.0 Å². The number of rotatable bonds is 32. The van der Waals surface area contributed by atoms with Gasteiger partial charge in [-0.15, -0.1) is 0 Å². The van der Waals surface area contributed by atoms with Gasteiger partial charge in [-0.25, -0.2) is 4.57 Å². The zero-order valence-corrected chi connectivity index (χ0v) is 35.8. The largest absolute Gasteiger partial charge is 1.00 e. The van der Waals surface area contributed by atoms with Crippen molar-refractivity contribution in [3.05, 3.63) is 53.2 Å². The van der Waals surface area contributed by atoms with Crippen LogP contribution in [0.2, 0.25) is 0 Å². The van der Waals surface area contributed by atoms with E-state index >= 15 is 0 Å². The van der Waals surface area contributed by atoms with Gasteiger partial charge in [-0.1, -0.05) is 30.8 Å². The number of hydrogen-bond acceptors (Lipinski definition) is 12. The van der Waals surface area contributed by atoms with E-state index in [4.69, 9.17) is 37.9 Å². The zero-order chi connectivity index (χ0) is 37.1. The average Bonchev–Trinajstić information content (AvgIpc) is 3.46. The Balaban J connectivity index is 0.00000972. The molecule has 0 unspecified atom stereocenters. The first-order valence-corrected chi connectivity index (χ1v) is 19.5. The van der Waals surface area contributed by atoms with E-state index in [2.05, 4.69) is 96.0 Å². The standard InChI is InChI=1S/C39H65N4O8S.HI/c1-6-13-42(15-9-14-40(2)3)38-33-35(34-39-41(4)36-10-7-8-11-37(36)52-39)12-16-43(38)17-18-45-21-22-47-25-26-49-29-30-51-32-31-50-28-27-48-24-23-46-20-19-44-5;/h7-8,10-12,16,33-34H,6,9,13-15,17-32H2,1-5H3;1H/q+1;/p-1. The number of ether oxygens (including phenoxy) is 8. The SMILES string of the molecule is CCCN(CCCN(C)C)c1cc(C=C2Sc3ccccc3N2C)cc[n+]1CCOCCOCCOCCOCCOCCOCCOCCOC.[I-]. The maximum atomic E-state index is 5.99. The van der Waals surface area contributed by atoms with E-state index in [1.165, 1.54) is 27.0 Å². The molecule has 1 aromatic heterocycles. The lowest BCUT2D eigenvalue weighted by molar-refractivity contribution is -0.686. The highest BCUT2D eigenvalue weighted by Crippen LogP contribution is 2.45. The van der Waals surface area contributed by atoms with Gasteiger partial charge in [0.2, 0.25) is 0 Å². The molecule has 0 fully saturated rings. The lowest BCUT2D eigenvalue weighted by Crippen LogP contribution is -3.00. The fourth-order valence-corrected chi connectivity index (χ4v) is 6.50. The summed E-state index contributed by atoms with van der Waals surface area (Å²) in [6, 6.07) is 13.1. The number of fused-ring (bicyclic) bond motifs is 1. The number of halogens is 1. The number of benzene rings is 1. The van der Waals surface area contributed by atoms with Gasteiger partial charge in [-0.3, -0.25) is 4.90 Å².